The first-order chi connectivity index (χ1) is 10.9. The predicted octanol–water partition coefficient (Wildman–Crippen LogP) is 0.503. The van der Waals surface area contributed by atoms with E-state index in [9.17, 15) is 24.8 Å². The normalized spacial score (nSPS) is 16.0. The third-order valence-corrected chi connectivity index (χ3v) is 4.06. The van der Waals surface area contributed by atoms with Crippen LogP contribution in [0.5, 0.6) is 0 Å². The minimum atomic E-state index is -0.843. The first-order valence-electron chi connectivity index (χ1n) is 7.28. The Morgan fingerprint density at radius 1 is 1.21 bits per heavy atom. The zero-order valence-electron chi connectivity index (χ0n) is 12.7. The zero-order valence-corrected chi connectivity index (χ0v) is 13.5. The smallest absolute Gasteiger partial charge is 0.314 e. The second-order valence-electron chi connectivity index (χ2n) is 5.70. The van der Waals surface area contributed by atoms with E-state index in [1.165, 1.54) is 12.1 Å². The number of nitro benzene ring substituents is 1. The van der Waals surface area contributed by atoms with Crippen LogP contribution in [0.15, 0.2) is 21.7 Å². The quantitative estimate of drug-likeness (QED) is 0.417. The fraction of sp³-hybridized carbons (Fsp3) is 0.429. The van der Waals surface area contributed by atoms with Crippen molar-refractivity contribution in [3.63, 3.8) is 0 Å². The summed E-state index contributed by atoms with van der Waals surface area (Å²) in [7, 11) is 0. The average molecular weight is 357 g/mol. The van der Waals surface area contributed by atoms with Crippen molar-refractivity contribution in [1.29, 1.82) is 0 Å². The largest absolute Gasteiger partial charge is 0.393 e. The molecule has 10 heteroatoms. The molecule has 0 amide bonds. The number of H-pyrrole nitrogens is 2. The summed E-state index contributed by atoms with van der Waals surface area (Å²) in [6.07, 6.45) is 0.963. The lowest BCUT2D eigenvalue weighted by atomic mass is 10.1. The molecule has 0 saturated carbocycles. The Morgan fingerprint density at radius 3 is 2.46 bits per heavy atom. The second-order valence-corrected chi connectivity index (χ2v) is 5.70. The predicted molar refractivity (Wildman–Crippen MR) is 89.6 cm³/mol. The second kappa shape index (κ2) is 7.12. The third-order valence-electron chi connectivity index (χ3n) is 4.06. The van der Waals surface area contributed by atoms with Crippen molar-refractivity contribution in [3.05, 3.63) is 48.5 Å². The number of nitrogens with one attached hydrogen (secondary N) is 2. The summed E-state index contributed by atoms with van der Waals surface area (Å²) >= 11 is 0. The van der Waals surface area contributed by atoms with Crippen LogP contribution in [-0.2, 0) is 6.54 Å². The van der Waals surface area contributed by atoms with E-state index in [1.54, 1.807) is 0 Å². The van der Waals surface area contributed by atoms with E-state index in [2.05, 4.69) is 14.9 Å². The van der Waals surface area contributed by atoms with Crippen molar-refractivity contribution < 1.29 is 10.0 Å². The van der Waals surface area contributed by atoms with Gasteiger partial charge in [0.25, 0.3) is 5.69 Å². The lowest BCUT2D eigenvalue weighted by Crippen LogP contribution is -2.35. The fourth-order valence-electron chi connectivity index (χ4n) is 2.83. The van der Waals surface area contributed by atoms with Crippen LogP contribution in [0.25, 0.3) is 11.0 Å². The molecular weight excluding hydrogens is 340 g/mol. The number of aliphatic hydroxyl groups is 1. The number of benzene rings is 1. The summed E-state index contributed by atoms with van der Waals surface area (Å²) in [5, 5.41) is 20.6. The molecule has 1 aromatic carbocycles. The van der Waals surface area contributed by atoms with Crippen LogP contribution >= 0.6 is 12.4 Å². The highest BCUT2D eigenvalue weighted by Gasteiger charge is 2.20. The van der Waals surface area contributed by atoms with E-state index in [4.69, 9.17) is 0 Å². The van der Waals surface area contributed by atoms with Crippen LogP contribution in [0.3, 0.4) is 0 Å². The van der Waals surface area contributed by atoms with Crippen molar-refractivity contribution in [1.82, 2.24) is 14.9 Å². The van der Waals surface area contributed by atoms with E-state index in [0.717, 1.165) is 0 Å². The molecule has 24 heavy (non-hydrogen) atoms. The topological polar surface area (TPSA) is 132 Å². The summed E-state index contributed by atoms with van der Waals surface area (Å²) in [6, 6.07) is 2.64. The van der Waals surface area contributed by atoms with Crippen LogP contribution in [0.1, 0.15) is 18.4 Å². The number of hydrogen-bond acceptors (Lipinski definition) is 6. The van der Waals surface area contributed by atoms with Gasteiger partial charge in [0.05, 0.1) is 22.1 Å². The average Bonchev–Trinajstić information content (AvgIpc) is 2.51. The van der Waals surface area contributed by atoms with Gasteiger partial charge in [-0.05, 0) is 18.4 Å². The number of likely N-dealkylation sites (tertiary alicyclic amines) is 1. The highest BCUT2D eigenvalue weighted by molar-refractivity contribution is 5.85. The summed E-state index contributed by atoms with van der Waals surface area (Å²) in [5.74, 6) is 0. The number of halogens is 1. The van der Waals surface area contributed by atoms with Crippen molar-refractivity contribution in [3.8, 4) is 0 Å². The molecular formula is C14H17ClN4O5. The van der Waals surface area contributed by atoms with Crippen LogP contribution in [0.4, 0.5) is 5.69 Å². The molecule has 1 fully saturated rings. The van der Waals surface area contributed by atoms with Crippen LogP contribution in [-0.4, -0.2) is 44.1 Å². The fourth-order valence-corrected chi connectivity index (χ4v) is 2.83. The molecule has 3 rings (SSSR count). The van der Waals surface area contributed by atoms with Gasteiger partial charge in [-0.1, -0.05) is 0 Å². The van der Waals surface area contributed by atoms with Crippen LogP contribution in [0, 0.1) is 10.1 Å². The van der Waals surface area contributed by atoms with Gasteiger partial charge in [0, 0.05) is 31.8 Å². The van der Waals surface area contributed by atoms with Gasteiger partial charge in [-0.15, -0.1) is 12.4 Å². The third kappa shape index (κ3) is 3.64. The molecule has 0 atom stereocenters. The number of aromatic amines is 2. The first kappa shape index (κ1) is 18.1. The van der Waals surface area contributed by atoms with Crippen LogP contribution < -0.4 is 11.1 Å². The zero-order chi connectivity index (χ0) is 16.6. The van der Waals surface area contributed by atoms with Gasteiger partial charge >= 0.3 is 11.1 Å². The molecule has 1 aromatic heterocycles. The molecule has 1 aliphatic rings. The summed E-state index contributed by atoms with van der Waals surface area (Å²) in [5.41, 5.74) is -0.583. The molecule has 0 radical (unpaired) electrons. The first-order valence-corrected chi connectivity index (χ1v) is 7.28. The highest BCUT2D eigenvalue weighted by Crippen LogP contribution is 2.24. The Bertz CT molecular complexity index is 870. The Hall–Kier alpha value is -2.23. The van der Waals surface area contributed by atoms with Crippen molar-refractivity contribution in [2.45, 2.75) is 25.5 Å². The number of aliphatic hydroxyl groups excluding tert-OH is 1. The number of piperidine rings is 1. The molecule has 9 nitrogen and oxygen atoms in total. The number of hydrogen-bond donors (Lipinski definition) is 3. The molecule has 1 saturated heterocycles. The number of fused-ring (bicyclic) bond motifs is 1. The lowest BCUT2D eigenvalue weighted by molar-refractivity contribution is -0.384. The lowest BCUT2D eigenvalue weighted by Gasteiger charge is -2.29. The Kier molecular flexibility index (Phi) is 5.37. The van der Waals surface area contributed by atoms with Crippen molar-refractivity contribution in [2.75, 3.05) is 13.1 Å². The number of rotatable bonds is 3. The van der Waals surface area contributed by atoms with Gasteiger partial charge in [-0.25, -0.2) is 0 Å². The van der Waals surface area contributed by atoms with Gasteiger partial charge in [-0.2, -0.15) is 0 Å². The number of non-ortho nitro benzene ring substituents is 1. The molecule has 3 N–H and O–H groups in total. The standard InChI is InChI=1S/C14H16N4O5.ClH/c19-10-1-3-17(4-2-10)7-8-5-9(18(22)23)6-11-12(8)16-14(21)13(20)15-11;/h5-6,10,19H,1-4,7H2,(H,15,20)(H,16,21);1H. The summed E-state index contributed by atoms with van der Waals surface area (Å²) in [4.78, 5) is 40.5. The summed E-state index contributed by atoms with van der Waals surface area (Å²) in [6.45, 7) is 1.73. The Labute approximate surface area is 141 Å². The molecule has 0 spiro atoms. The van der Waals surface area contributed by atoms with Crippen LogP contribution in [0.2, 0.25) is 0 Å². The van der Waals surface area contributed by atoms with Gasteiger partial charge in [-0.3, -0.25) is 24.6 Å². The van der Waals surface area contributed by atoms with Gasteiger partial charge in [0.1, 0.15) is 0 Å². The van der Waals surface area contributed by atoms with E-state index < -0.39 is 16.0 Å². The Morgan fingerprint density at radius 2 is 1.83 bits per heavy atom. The minimum Gasteiger partial charge on any atom is -0.393 e. The molecule has 0 aliphatic carbocycles. The maximum atomic E-state index is 11.6. The van der Waals surface area contributed by atoms with Crippen molar-refractivity contribution in [2.24, 2.45) is 0 Å². The van der Waals surface area contributed by atoms with Gasteiger partial charge in [0.2, 0.25) is 0 Å². The van der Waals surface area contributed by atoms with Gasteiger partial charge in [0.15, 0.2) is 0 Å². The number of nitrogens with zero attached hydrogens (tertiary/aromatic N) is 2. The monoisotopic (exact) mass is 356 g/mol. The molecule has 1 aliphatic heterocycles. The maximum absolute atomic E-state index is 11.6. The van der Waals surface area contributed by atoms with E-state index >= 15 is 0 Å². The minimum absolute atomic E-state index is 0. The molecule has 2 aromatic rings. The maximum Gasteiger partial charge on any atom is 0.314 e. The molecule has 0 unspecified atom stereocenters. The van der Waals surface area contributed by atoms with E-state index in [0.29, 0.717) is 43.6 Å². The molecule has 0 bridgehead atoms. The number of aromatic nitrogens is 2. The van der Waals surface area contributed by atoms with E-state index in [-0.39, 0.29) is 29.7 Å². The summed E-state index contributed by atoms with van der Waals surface area (Å²) < 4.78 is 0. The Balaban J connectivity index is 0.00000208. The number of nitro groups is 1. The van der Waals surface area contributed by atoms with Crippen molar-refractivity contribution >= 4 is 29.1 Å². The highest BCUT2D eigenvalue weighted by atomic mass is 35.5. The van der Waals surface area contributed by atoms with Gasteiger partial charge < -0.3 is 15.1 Å². The molecule has 2 heterocycles. The SMILES string of the molecule is Cl.O=c1[nH]c2cc([N+](=O)[O-])cc(CN3CCC(O)CC3)c2[nH]c1=O. The van der Waals surface area contributed by atoms with E-state index in [1.807, 2.05) is 0 Å². The molecule has 130 valence electrons.